The monoisotopic (exact) mass is 235 g/mol. The standard InChI is InChI=1S/C14H25N3/c1-5-6-10(2)8-13(17-15)14-12(4)7-11(3)9-16-14/h7,9-10,13,17H,5-6,8,15H2,1-4H3. The molecule has 1 rings (SSSR count). The van der Waals surface area contributed by atoms with Crippen LogP contribution in [0.15, 0.2) is 12.3 Å². The van der Waals surface area contributed by atoms with Gasteiger partial charge in [0.25, 0.3) is 0 Å². The van der Waals surface area contributed by atoms with E-state index in [-0.39, 0.29) is 6.04 Å². The first-order valence-corrected chi connectivity index (χ1v) is 6.47. The number of pyridine rings is 1. The molecule has 0 aliphatic rings. The van der Waals surface area contributed by atoms with E-state index in [0.29, 0.717) is 5.92 Å². The topological polar surface area (TPSA) is 50.9 Å². The summed E-state index contributed by atoms with van der Waals surface area (Å²) < 4.78 is 0. The molecule has 17 heavy (non-hydrogen) atoms. The summed E-state index contributed by atoms with van der Waals surface area (Å²) in [7, 11) is 0. The van der Waals surface area contributed by atoms with Crippen molar-refractivity contribution >= 4 is 0 Å². The number of aryl methyl sites for hydroxylation is 2. The highest BCUT2D eigenvalue weighted by Gasteiger charge is 2.16. The van der Waals surface area contributed by atoms with Crippen molar-refractivity contribution in [3.05, 3.63) is 29.1 Å². The number of aromatic nitrogens is 1. The van der Waals surface area contributed by atoms with Crippen LogP contribution in [0.4, 0.5) is 0 Å². The molecule has 0 spiro atoms. The number of hydrazine groups is 1. The molecular formula is C14H25N3. The van der Waals surface area contributed by atoms with Gasteiger partial charge in [-0.25, -0.2) is 0 Å². The minimum atomic E-state index is 0.164. The fourth-order valence-corrected chi connectivity index (χ4v) is 2.36. The van der Waals surface area contributed by atoms with Crippen molar-refractivity contribution in [2.24, 2.45) is 11.8 Å². The van der Waals surface area contributed by atoms with Crippen LogP contribution < -0.4 is 11.3 Å². The first-order valence-electron chi connectivity index (χ1n) is 6.47. The van der Waals surface area contributed by atoms with Crippen molar-refractivity contribution in [1.29, 1.82) is 0 Å². The highest BCUT2D eigenvalue weighted by Crippen LogP contribution is 2.24. The zero-order chi connectivity index (χ0) is 12.8. The second-order valence-corrected chi connectivity index (χ2v) is 5.06. The van der Waals surface area contributed by atoms with E-state index < -0.39 is 0 Å². The number of nitrogens with zero attached hydrogens (tertiary/aromatic N) is 1. The van der Waals surface area contributed by atoms with Crippen LogP contribution in [0.3, 0.4) is 0 Å². The molecule has 3 heteroatoms. The summed E-state index contributed by atoms with van der Waals surface area (Å²) >= 11 is 0. The Morgan fingerprint density at radius 3 is 2.65 bits per heavy atom. The fourth-order valence-electron chi connectivity index (χ4n) is 2.36. The second kappa shape index (κ2) is 6.72. The van der Waals surface area contributed by atoms with Crippen molar-refractivity contribution in [1.82, 2.24) is 10.4 Å². The van der Waals surface area contributed by atoms with Crippen molar-refractivity contribution in [3.8, 4) is 0 Å². The summed E-state index contributed by atoms with van der Waals surface area (Å²) in [5, 5.41) is 0. The Morgan fingerprint density at radius 1 is 1.41 bits per heavy atom. The van der Waals surface area contributed by atoms with Crippen molar-refractivity contribution in [3.63, 3.8) is 0 Å². The van der Waals surface area contributed by atoms with Gasteiger partial charge in [-0.05, 0) is 37.3 Å². The maximum atomic E-state index is 5.67. The summed E-state index contributed by atoms with van der Waals surface area (Å²) in [4.78, 5) is 4.52. The van der Waals surface area contributed by atoms with Crippen LogP contribution in [0.2, 0.25) is 0 Å². The maximum Gasteiger partial charge on any atom is 0.0637 e. The molecule has 0 aliphatic carbocycles. The summed E-state index contributed by atoms with van der Waals surface area (Å²) in [6, 6.07) is 2.33. The number of rotatable bonds is 6. The second-order valence-electron chi connectivity index (χ2n) is 5.06. The molecule has 0 radical (unpaired) electrons. The summed E-state index contributed by atoms with van der Waals surface area (Å²) in [6.07, 6.45) is 5.42. The molecule has 1 aromatic rings. The maximum absolute atomic E-state index is 5.67. The van der Waals surface area contributed by atoms with Crippen molar-refractivity contribution in [2.45, 2.75) is 53.0 Å². The largest absolute Gasteiger partial charge is 0.271 e. The molecule has 1 heterocycles. The zero-order valence-electron chi connectivity index (χ0n) is 11.5. The quantitative estimate of drug-likeness (QED) is 0.588. The predicted molar refractivity (Wildman–Crippen MR) is 72.5 cm³/mol. The normalized spacial score (nSPS) is 14.6. The Balaban J connectivity index is 2.79. The number of nitrogens with one attached hydrogen (secondary N) is 1. The van der Waals surface area contributed by atoms with Crippen LogP contribution in [-0.2, 0) is 0 Å². The SMILES string of the molecule is CCCC(C)CC(NN)c1ncc(C)cc1C. The highest BCUT2D eigenvalue weighted by atomic mass is 15.2. The number of nitrogens with two attached hydrogens (primary N) is 1. The Kier molecular flexibility index (Phi) is 5.59. The average molecular weight is 235 g/mol. The first kappa shape index (κ1) is 14.1. The van der Waals surface area contributed by atoms with Crippen molar-refractivity contribution in [2.75, 3.05) is 0 Å². The molecule has 0 aliphatic heterocycles. The summed E-state index contributed by atoms with van der Waals surface area (Å²) in [6.45, 7) is 8.66. The molecule has 2 unspecified atom stereocenters. The van der Waals surface area contributed by atoms with Gasteiger partial charge in [-0.2, -0.15) is 0 Å². The Bertz CT molecular complexity index is 349. The summed E-state index contributed by atoms with van der Waals surface area (Å²) in [5.41, 5.74) is 6.41. The van der Waals surface area contributed by atoms with E-state index in [2.05, 4.69) is 44.2 Å². The predicted octanol–water partition coefficient (Wildman–Crippen LogP) is 3.03. The van der Waals surface area contributed by atoms with Gasteiger partial charge in [0.05, 0.1) is 11.7 Å². The fraction of sp³-hybridized carbons (Fsp3) is 0.643. The van der Waals surface area contributed by atoms with Gasteiger partial charge in [0.1, 0.15) is 0 Å². The van der Waals surface area contributed by atoms with Gasteiger partial charge < -0.3 is 0 Å². The molecule has 0 amide bonds. The van der Waals surface area contributed by atoms with Gasteiger partial charge in [-0.3, -0.25) is 16.3 Å². The molecule has 0 saturated carbocycles. The first-order chi connectivity index (χ1) is 8.08. The van der Waals surface area contributed by atoms with Crippen LogP contribution in [0.5, 0.6) is 0 Å². The molecule has 3 nitrogen and oxygen atoms in total. The lowest BCUT2D eigenvalue weighted by Gasteiger charge is -2.21. The van der Waals surface area contributed by atoms with E-state index >= 15 is 0 Å². The summed E-state index contributed by atoms with van der Waals surface area (Å²) in [5.74, 6) is 6.34. The van der Waals surface area contributed by atoms with Gasteiger partial charge in [-0.15, -0.1) is 0 Å². The average Bonchev–Trinajstić information content (AvgIpc) is 2.27. The third kappa shape index (κ3) is 4.10. The Labute approximate surface area is 105 Å². The molecule has 1 aromatic heterocycles. The molecule has 0 saturated heterocycles. The van der Waals surface area contributed by atoms with Crippen LogP contribution >= 0.6 is 0 Å². The molecule has 0 bridgehead atoms. The highest BCUT2D eigenvalue weighted by molar-refractivity contribution is 5.25. The van der Waals surface area contributed by atoms with E-state index in [1.807, 2.05) is 6.20 Å². The van der Waals surface area contributed by atoms with Gasteiger partial charge >= 0.3 is 0 Å². The molecule has 2 atom stereocenters. The van der Waals surface area contributed by atoms with E-state index in [1.54, 1.807) is 0 Å². The smallest absolute Gasteiger partial charge is 0.0637 e. The Hall–Kier alpha value is -0.930. The van der Waals surface area contributed by atoms with Crippen LogP contribution in [0.25, 0.3) is 0 Å². The van der Waals surface area contributed by atoms with E-state index in [4.69, 9.17) is 5.84 Å². The Morgan fingerprint density at radius 2 is 2.12 bits per heavy atom. The lowest BCUT2D eigenvalue weighted by molar-refractivity contribution is 0.388. The number of hydrogen-bond donors (Lipinski definition) is 2. The third-order valence-corrected chi connectivity index (χ3v) is 3.21. The lowest BCUT2D eigenvalue weighted by atomic mass is 9.94. The minimum Gasteiger partial charge on any atom is -0.271 e. The molecular weight excluding hydrogens is 210 g/mol. The van der Waals surface area contributed by atoms with Gasteiger partial charge in [-0.1, -0.05) is 32.8 Å². The number of hydrogen-bond acceptors (Lipinski definition) is 3. The zero-order valence-corrected chi connectivity index (χ0v) is 11.5. The van der Waals surface area contributed by atoms with Crippen LogP contribution in [-0.4, -0.2) is 4.98 Å². The van der Waals surface area contributed by atoms with Gasteiger partial charge in [0.2, 0.25) is 0 Å². The molecule has 0 aromatic carbocycles. The minimum absolute atomic E-state index is 0.164. The van der Waals surface area contributed by atoms with Gasteiger partial charge in [0.15, 0.2) is 0 Å². The lowest BCUT2D eigenvalue weighted by Crippen LogP contribution is -2.30. The van der Waals surface area contributed by atoms with E-state index in [9.17, 15) is 0 Å². The van der Waals surface area contributed by atoms with Gasteiger partial charge in [0, 0.05) is 6.20 Å². The molecule has 96 valence electrons. The molecule has 3 N–H and O–H groups in total. The van der Waals surface area contributed by atoms with Crippen LogP contribution in [0.1, 0.15) is 56.0 Å². The van der Waals surface area contributed by atoms with E-state index in [1.165, 1.54) is 24.0 Å². The van der Waals surface area contributed by atoms with E-state index in [0.717, 1.165) is 12.1 Å². The third-order valence-electron chi connectivity index (χ3n) is 3.21. The van der Waals surface area contributed by atoms with Crippen LogP contribution in [0, 0.1) is 19.8 Å². The molecule has 0 fully saturated rings. The van der Waals surface area contributed by atoms with Crippen molar-refractivity contribution < 1.29 is 0 Å².